The van der Waals surface area contributed by atoms with E-state index in [0.717, 1.165) is 11.4 Å². The van der Waals surface area contributed by atoms with Crippen LogP contribution >= 0.6 is 0 Å². The number of anilines is 2. The molecule has 0 radical (unpaired) electrons. The lowest BCUT2D eigenvalue weighted by Crippen LogP contribution is -1.98. The van der Waals surface area contributed by atoms with Crippen LogP contribution in [0.5, 0.6) is 0 Å². The summed E-state index contributed by atoms with van der Waals surface area (Å²) >= 11 is 0. The number of benzene rings is 1. The smallest absolute Gasteiger partial charge is 0.128 e. The van der Waals surface area contributed by atoms with Crippen LogP contribution in [0, 0.1) is 12.7 Å². The zero-order valence-corrected chi connectivity index (χ0v) is 6.24. The van der Waals surface area contributed by atoms with E-state index in [4.69, 9.17) is 0 Å². The zero-order chi connectivity index (χ0) is 7.84. The van der Waals surface area contributed by atoms with Gasteiger partial charge >= 0.3 is 0 Å². The third-order valence-electron chi connectivity index (χ3n) is 1.86. The van der Waals surface area contributed by atoms with Crippen molar-refractivity contribution >= 4 is 11.4 Å². The Kier molecular flexibility index (Phi) is 1.24. The molecule has 0 aliphatic carbocycles. The number of aryl methyl sites for hydroxylation is 1. The average Bonchev–Trinajstić information content (AvgIpc) is 2.36. The molecule has 0 aromatic heterocycles. The molecule has 1 aromatic rings. The Morgan fingerprint density at radius 2 is 1.91 bits per heavy atom. The number of fused-ring (bicyclic) bond motifs is 1. The Hall–Kier alpha value is -1.25. The zero-order valence-electron chi connectivity index (χ0n) is 6.24. The van der Waals surface area contributed by atoms with E-state index in [-0.39, 0.29) is 5.82 Å². The average molecular weight is 152 g/mol. The van der Waals surface area contributed by atoms with Crippen LogP contribution < -0.4 is 10.6 Å². The predicted molar refractivity (Wildman–Crippen MR) is 43.2 cm³/mol. The molecule has 0 fully saturated rings. The van der Waals surface area contributed by atoms with E-state index in [1.54, 1.807) is 6.92 Å². The van der Waals surface area contributed by atoms with Crippen molar-refractivity contribution in [1.82, 2.24) is 0 Å². The predicted octanol–water partition coefficient (Wildman–Crippen LogP) is 1.93. The van der Waals surface area contributed by atoms with E-state index in [1.807, 2.05) is 6.07 Å². The summed E-state index contributed by atoms with van der Waals surface area (Å²) < 4.78 is 12.9. The summed E-state index contributed by atoms with van der Waals surface area (Å²) in [6.07, 6.45) is 0. The van der Waals surface area contributed by atoms with Crippen molar-refractivity contribution in [2.75, 3.05) is 17.3 Å². The Bertz CT molecular complexity index is 267. The highest BCUT2D eigenvalue weighted by Crippen LogP contribution is 2.28. The summed E-state index contributed by atoms with van der Waals surface area (Å²) in [5.74, 6) is -0.153. The molecule has 2 N–H and O–H groups in total. The molecule has 2 nitrogen and oxygen atoms in total. The van der Waals surface area contributed by atoms with Crippen LogP contribution in [0.25, 0.3) is 0 Å². The monoisotopic (exact) mass is 152 g/mol. The summed E-state index contributed by atoms with van der Waals surface area (Å²) in [5.41, 5.74) is 2.52. The largest absolute Gasteiger partial charge is 0.366 e. The first-order chi connectivity index (χ1) is 5.27. The number of nitrogens with one attached hydrogen (secondary N) is 2. The first kappa shape index (κ1) is 6.46. The molecule has 1 aliphatic heterocycles. The number of rotatable bonds is 0. The van der Waals surface area contributed by atoms with E-state index in [9.17, 15) is 4.39 Å². The van der Waals surface area contributed by atoms with Crippen LogP contribution in [0.4, 0.5) is 15.8 Å². The van der Waals surface area contributed by atoms with E-state index in [2.05, 4.69) is 10.6 Å². The van der Waals surface area contributed by atoms with Crippen LogP contribution in [0.1, 0.15) is 5.56 Å². The van der Waals surface area contributed by atoms with Crippen molar-refractivity contribution in [3.63, 3.8) is 0 Å². The minimum Gasteiger partial charge on any atom is -0.366 e. The molecule has 0 unspecified atom stereocenters. The normalized spacial score (nSPS) is 13.6. The molecule has 0 bridgehead atoms. The molecule has 0 saturated carbocycles. The molecule has 0 atom stereocenters. The highest BCUT2D eigenvalue weighted by Gasteiger charge is 2.10. The van der Waals surface area contributed by atoms with Crippen LogP contribution in [0.3, 0.4) is 0 Å². The highest BCUT2D eigenvalue weighted by atomic mass is 19.1. The van der Waals surface area contributed by atoms with Crippen molar-refractivity contribution in [1.29, 1.82) is 0 Å². The summed E-state index contributed by atoms with van der Waals surface area (Å²) in [4.78, 5) is 0. The van der Waals surface area contributed by atoms with E-state index < -0.39 is 0 Å². The van der Waals surface area contributed by atoms with Gasteiger partial charge in [0, 0.05) is 0 Å². The lowest BCUT2D eigenvalue weighted by atomic mass is 10.2. The fourth-order valence-corrected chi connectivity index (χ4v) is 1.21. The van der Waals surface area contributed by atoms with E-state index in [1.165, 1.54) is 6.07 Å². The van der Waals surface area contributed by atoms with Gasteiger partial charge in [-0.1, -0.05) is 0 Å². The number of hydrogen-bond donors (Lipinski definition) is 2. The van der Waals surface area contributed by atoms with Gasteiger partial charge in [0.2, 0.25) is 0 Å². The second-order valence-corrected chi connectivity index (χ2v) is 2.68. The Balaban J connectivity index is 2.57. The van der Waals surface area contributed by atoms with E-state index in [0.29, 0.717) is 12.2 Å². The quantitative estimate of drug-likeness (QED) is 0.593. The second kappa shape index (κ2) is 2.12. The minimum atomic E-state index is -0.153. The SMILES string of the molecule is Cc1cc2c(cc1F)NCN2. The lowest BCUT2D eigenvalue weighted by Gasteiger charge is -2.00. The maximum Gasteiger partial charge on any atom is 0.128 e. The maximum absolute atomic E-state index is 12.9. The van der Waals surface area contributed by atoms with Crippen molar-refractivity contribution < 1.29 is 4.39 Å². The van der Waals surface area contributed by atoms with Gasteiger partial charge < -0.3 is 10.6 Å². The van der Waals surface area contributed by atoms with Gasteiger partial charge in [0.15, 0.2) is 0 Å². The highest BCUT2D eigenvalue weighted by molar-refractivity contribution is 5.73. The third-order valence-corrected chi connectivity index (χ3v) is 1.86. The van der Waals surface area contributed by atoms with Gasteiger partial charge in [-0.3, -0.25) is 0 Å². The topological polar surface area (TPSA) is 24.1 Å². The first-order valence-electron chi connectivity index (χ1n) is 3.55. The van der Waals surface area contributed by atoms with Gasteiger partial charge in [-0.25, -0.2) is 4.39 Å². The van der Waals surface area contributed by atoms with Crippen LogP contribution in [0.15, 0.2) is 12.1 Å². The molecule has 3 heteroatoms. The fourth-order valence-electron chi connectivity index (χ4n) is 1.21. The second-order valence-electron chi connectivity index (χ2n) is 2.68. The number of halogens is 1. The van der Waals surface area contributed by atoms with Gasteiger partial charge in [-0.15, -0.1) is 0 Å². The third kappa shape index (κ3) is 0.926. The standard InChI is InChI=1S/C8H9FN2/c1-5-2-7-8(3-6(5)9)11-4-10-7/h2-3,10-11H,4H2,1H3. The molecule has 58 valence electrons. The van der Waals surface area contributed by atoms with E-state index >= 15 is 0 Å². The fraction of sp³-hybridized carbons (Fsp3) is 0.250. The molecular formula is C8H9FN2. The number of hydrogen-bond acceptors (Lipinski definition) is 2. The molecule has 0 saturated heterocycles. The Morgan fingerprint density at radius 3 is 2.64 bits per heavy atom. The molecular weight excluding hydrogens is 143 g/mol. The van der Waals surface area contributed by atoms with Crippen LogP contribution in [0.2, 0.25) is 0 Å². The molecule has 0 spiro atoms. The summed E-state index contributed by atoms with van der Waals surface area (Å²) in [5, 5.41) is 6.11. The molecule has 1 heterocycles. The molecule has 2 rings (SSSR count). The molecule has 11 heavy (non-hydrogen) atoms. The van der Waals surface area contributed by atoms with Crippen molar-refractivity contribution in [3.05, 3.63) is 23.5 Å². The Labute approximate surface area is 64.4 Å². The van der Waals surface area contributed by atoms with Crippen molar-refractivity contribution in [2.45, 2.75) is 6.92 Å². The van der Waals surface area contributed by atoms with Crippen LogP contribution in [-0.4, -0.2) is 6.67 Å². The molecule has 1 aliphatic rings. The van der Waals surface area contributed by atoms with Crippen molar-refractivity contribution in [2.24, 2.45) is 0 Å². The van der Waals surface area contributed by atoms with Gasteiger partial charge in [-0.2, -0.15) is 0 Å². The van der Waals surface area contributed by atoms with Gasteiger partial charge in [0.1, 0.15) is 5.82 Å². The summed E-state index contributed by atoms with van der Waals surface area (Å²) in [6, 6.07) is 3.33. The summed E-state index contributed by atoms with van der Waals surface area (Å²) in [7, 11) is 0. The Morgan fingerprint density at radius 1 is 1.27 bits per heavy atom. The summed E-state index contributed by atoms with van der Waals surface area (Å²) in [6.45, 7) is 2.45. The first-order valence-corrected chi connectivity index (χ1v) is 3.55. The van der Waals surface area contributed by atoms with Crippen molar-refractivity contribution in [3.8, 4) is 0 Å². The molecule has 1 aromatic carbocycles. The van der Waals surface area contributed by atoms with Gasteiger partial charge in [0.05, 0.1) is 18.0 Å². The molecule has 0 amide bonds. The van der Waals surface area contributed by atoms with Gasteiger partial charge in [-0.05, 0) is 24.6 Å². The minimum absolute atomic E-state index is 0.153. The van der Waals surface area contributed by atoms with Crippen LogP contribution in [-0.2, 0) is 0 Å². The lowest BCUT2D eigenvalue weighted by molar-refractivity contribution is 0.619. The van der Waals surface area contributed by atoms with Gasteiger partial charge in [0.25, 0.3) is 0 Å². The maximum atomic E-state index is 12.9.